The maximum absolute atomic E-state index is 12.8. The summed E-state index contributed by atoms with van der Waals surface area (Å²) in [6, 6.07) is 6.88. The number of pyridine rings is 1. The van der Waals surface area contributed by atoms with Gasteiger partial charge in [0.25, 0.3) is 0 Å². The Bertz CT molecular complexity index is 662. The van der Waals surface area contributed by atoms with Crippen molar-refractivity contribution in [2.24, 2.45) is 0 Å². The summed E-state index contributed by atoms with van der Waals surface area (Å²) in [6.45, 7) is 0. The zero-order valence-corrected chi connectivity index (χ0v) is 13.1. The van der Waals surface area contributed by atoms with Crippen LogP contribution in [0, 0.1) is 0 Å². The summed E-state index contributed by atoms with van der Waals surface area (Å²) in [5.74, 6) is 0.160. The van der Waals surface area contributed by atoms with Crippen molar-refractivity contribution in [1.82, 2.24) is 4.98 Å². The molecule has 1 aromatic carbocycles. The third-order valence-corrected chi connectivity index (χ3v) is 3.42. The number of benzene rings is 1. The molecule has 21 heavy (non-hydrogen) atoms. The van der Waals surface area contributed by atoms with Crippen LogP contribution in [-0.2, 0) is 6.18 Å². The molecule has 0 bridgehead atoms. The number of nitrogens with one attached hydrogen (secondary N) is 2. The van der Waals surface area contributed by atoms with E-state index in [2.05, 4.69) is 31.5 Å². The monoisotopic (exact) mass is 379 g/mol. The van der Waals surface area contributed by atoms with Gasteiger partial charge in [0.15, 0.2) is 0 Å². The van der Waals surface area contributed by atoms with Gasteiger partial charge in [-0.3, -0.25) is 0 Å². The fraction of sp³-hybridized carbons (Fsp3) is 0.154. The lowest BCUT2D eigenvalue weighted by molar-refractivity contribution is -0.137. The van der Waals surface area contributed by atoms with Crippen molar-refractivity contribution in [2.45, 2.75) is 6.18 Å². The molecule has 0 atom stereocenters. The number of nitrogens with zero attached hydrogens (tertiary/aromatic N) is 1. The molecule has 0 amide bonds. The molecule has 1 aromatic heterocycles. The van der Waals surface area contributed by atoms with Crippen LogP contribution in [0.15, 0.2) is 34.8 Å². The molecule has 1 heterocycles. The van der Waals surface area contributed by atoms with Gasteiger partial charge in [0.1, 0.15) is 11.6 Å². The lowest BCUT2D eigenvalue weighted by atomic mass is 10.2. The van der Waals surface area contributed by atoms with Gasteiger partial charge in [0.05, 0.1) is 16.3 Å². The minimum Gasteiger partial charge on any atom is -0.373 e. The molecule has 0 saturated carbocycles. The summed E-state index contributed by atoms with van der Waals surface area (Å²) < 4.78 is 39.3. The van der Waals surface area contributed by atoms with Crippen molar-refractivity contribution in [3.05, 3.63) is 45.4 Å². The van der Waals surface area contributed by atoms with Crippen LogP contribution in [0.3, 0.4) is 0 Å². The summed E-state index contributed by atoms with van der Waals surface area (Å²) in [7, 11) is 1.50. The second kappa shape index (κ2) is 6.11. The Morgan fingerprint density at radius 2 is 1.81 bits per heavy atom. The second-order valence-corrected chi connectivity index (χ2v) is 5.45. The Hall–Kier alpha value is -1.47. The number of hydrogen-bond donors (Lipinski definition) is 2. The van der Waals surface area contributed by atoms with Crippen LogP contribution in [-0.4, -0.2) is 12.0 Å². The highest BCUT2D eigenvalue weighted by Crippen LogP contribution is 2.34. The van der Waals surface area contributed by atoms with E-state index in [1.165, 1.54) is 7.05 Å². The number of aromatic nitrogens is 1. The number of alkyl halides is 3. The highest BCUT2D eigenvalue weighted by atomic mass is 79.9. The van der Waals surface area contributed by atoms with Crippen molar-refractivity contribution in [2.75, 3.05) is 17.7 Å². The first-order chi connectivity index (χ1) is 9.79. The molecule has 0 radical (unpaired) electrons. The Balaban J connectivity index is 2.42. The van der Waals surface area contributed by atoms with Crippen LogP contribution >= 0.6 is 27.5 Å². The Kier molecular flexibility index (Phi) is 4.63. The van der Waals surface area contributed by atoms with Gasteiger partial charge < -0.3 is 10.6 Å². The van der Waals surface area contributed by atoms with E-state index in [9.17, 15) is 13.2 Å². The van der Waals surface area contributed by atoms with E-state index in [1.54, 1.807) is 18.2 Å². The van der Waals surface area contributed by atoms with Crippen LogP contribution in [0.4, 0.5) is 30.5 Å². The predicted molar refractivity (Wildman–Crippen MR) is 81.2 cm³/mol. The molecule has 3 nitrogen and oxygen atoms in total. The van der Waals surface area contributed by atoms with E-state index in [0.29, 0.717) is 10.7 Å². The van der Waals surface area contributed by atoms with Crippen molar-refractivity contribution >= 4 is 44.9 Å². The topological polar surface area (TPSA) is 37.0 Å². The van der Waals surface area contributed by atoms with Gasteiger partial charge in [-0.05, 0) is 30.3 Å². The molecule has 0 aliphatic rings. The van der Waals surface area contributed by atoms with Crippen LogP contribution in [0.2, 0.25) is 5.02 Å². The molecule has 8 heteroatoms. The van der Waals surface area contributed by atoms with Crippen molar-refractivity contribution in [3.8, 4) is 0 Å². The maximum atomic E-state index is 12.8. The Labute approximate surface area is 132 Å². The van der Waals surface area contributed by atoms with Gasteiger partial charge in [-0.2, -0.15) is 13.2 Å². The molecule has 2 aromatic rings. The minimum atomic E-state index is -4.45. The minimum absolute atomic E-state index is 0.0502. The van der Waals surface area contributed by atoms with Gasteiger partial charge >= 0.3 is 6.18 Å². The highest BCUT2D eigenvalue weighted by Gasteiger charge is 2.31. The van der Waals surface area contributed by atoms with Crippen molar-refractivity contribution in [3.63, 3.8) is 0 Å². The molecule has 0 aliphatic carbocycles. The highest BCUT2D eigenvalue weighted by molar-refractivity contribution is 9.10. The number of rotatable bonds is 3. The largest absolute Gasteiger partial charge is 0.416 e. The van der Waals surface area contributed by atoms with E-state index >= 15 is 0 Å². The first-order valence-electron chi connectivity index (χ1n) is 5.78. The molecule has 0 aliphatic heterocycles. The normalized spacial score (nSPS) is 11.3. The second-order valence-electron chi connectivity index (χ2n) is 4.12. The van der Waals surface area contributed by atoms with E-state index < -0.39 is 11.7 Å². The van der Waals surface area contributed by atoms with Crippen molar-refractivity contribution < 1.29 is 13.2 Å². The van der Waals surface area contributed by atoms with Crippen LogP contribution in [0.5, 0.6) is 0 Å². The third kappa shape index (κ3) is 4.01. The van der Waals surface area contributed by atoms with Gasteiger partial charge in [-0.15, -0.1) is 0 Å². The molecular formula is C13H10BrClF3N3. The van der Waals surface area contributed by atoms with E-state index in [1.807, 2.05) is 0 Å². The van der Waals surface area contributed by atoms with E-state index in [4.69, 9.17) is 11.6 Å². The summed E-state index contributed by atoms with van der Waals surface area (Å²) in [5, 5.41) is 5.76. The maximum Gasteiger partial charge on any atom is 0.416 e. The first kappa shape index (κ1) is 15.9. The molecule has 2 rings (SSSR count). The first-order valence-corrected chi connectivity index (χ1v) is 6.96. The molecule has 0 saturated heterocycles. The van der Waals surface area contributed by atoms with Crippen LogP contribution < -0.4 is 10.6 Å². The molecular weight excluding hydrogens is 371 g/mol. The zero-order valence-electron chi connectivity index (χ0n) is 10.7. The third-order valence-electron chi connectivity index (χ3n) is 2.60. The van der Waals surface area contributed by atoms with Gasteiger partial charge in [-0.1, -0.05) is 27.5 Å². The lowest BCUT2D eigenvalue weighted by Crippen LogP contribution is -2.08. The average molecular weight is 381 g/mol. The van der Waals surface area contributed by atoms with Crippen LogP contribution in [0.25, 0.3) is 0 Å². The molecule has 0 spiro atoms. The Morgan fingerprint density at radius 3 is 2.43 bits per heavy atom. The standard InChI is InChI=1S/C13H10BrClF3N3/c1-19-11-4-7(13(16,17)18)5-12(21-11)20-10-6-8(14)2-3-9(10)15/h2-6H,1H3,(H2,19,20,21). The van der Waals surface area contributed by atoms with E-state index in [-0.39, 0.29) is 11.6 Å². The predicted octanol–water partition coefficient (Wildman–Crippen LogP) is 5.30. The molecule has 0 fully saturated rings. The SMILES string of the molecule is CNc1cc(C(F)(F)F)cc(Nc2cc(Br)ccc2Cl)n1. The Morgan fingerprint density at radius 1 is 1.14 bits per heavy atom. The summed E-state index contributed by atoms with van der Waals surface area (Å²) in [5.41, 5.74) is -0.338. The zero-order chi connectivity index (χ0) is 15.6. The number of hydrogen-bond acceptors (Lipinski definition) is 3. The number of anilines is 3. The van der Waals surface area contributed by atoms with Crippen LogP contribution in [0.1, 0.15) is 5.56 Å². The quantitative estimate of drug-likeness (QED) is 0.758. The summed E-state index contributed by atoms with van der Waals surface area (Å²) in [6.07, 6.45) is -4.45. The lowest BCUT2D eigenvalue weighted by Gasteiger charge is -2.13. The average Bonchev–Trinajstić information content (AvgIpc) is 2.41. The fourth-order valence-corrected chi connectivity index (χ4v) is 2.14. The smallest absolute Gasteiger partial charge is 0.373 e. The number of halogens is 5. The summed E-state index contributed by atoms with van der Waals surface area (Å²) in [4.78, 5) is 4.04. The summed E-state index contributed by atoms with van der Waals surface area (Å²) >= 11 is 9.27. The molecule has 0 unspecified atom stereocenters. The van der Waals surface area contributed by atoms with Gasteiger partial charge in [-0.25, -0.2) is 4.98 Å². The van der Waals surface area contributed by atoms with Crippen molar-refractivity contribution in [1.29, 1.82) is 0 Å². The van der Waals surface area contributed by atoms with Gasteiger partial charge in [0.2, 0.25) is 0 Å². The fourth-order valence-electron chi connectivity index (χ4n) is 1.62. The molecule has 2 N–H and O–H groups in total. The van der Waals surface area contributed by atoms with E-state index in [0.717, 1.165) is 16.6 Å². The molecule has 112 valence electrons. The van der Waals surface area contributed by atoms with Gasteiger partial charge in [0, 0.05) is 11.5 Å².